The van der Waals surface area contributed by atoms with Gasteiger partial charge in [-0.15, -0.1) is 0 Å². The van der Waals surface area contributed by atoms with E-state index < -0.39 is 18.0 Å². The first-order valence-electron chi connectivity index (χ1n) is 7.55. The van der Waals surface area contributed by atoms with Crippen molar-refractivity contribution in [2.75, 3.05) is 13.2 Å². The molecule has 1 atom stereocenters. The second kappa shape index (κ2) is 11.5. The average Bonchev–Trinajstić information content (AvgIpc) is 3.22. The van der Waals surface area contributed by atoms with E-state index in [0.29, 0.717) is 36.5 Å². The van der Waals surface area contributed by atoms with E-state index in [0.717, 1.165) is 0 Å². The van der Waals surface area contributed by atoms with Crippen LogP contribution < -0.4 is 10.1 Å². The SMILES string of the molecule is O=C(O)C=CC(=O)O.OC(CNC1CCCC1)COc1nccs1. The number of thiazole rings is 1. The smallest absolute Gasteiger partial charge is 0.328 e. The molecule has 1 saturated carbocycles. The fourth-order valence-corrected chi connectivity index (χ4v) is 2.58. The normalized spacial score (nSPS) is 15.7. The summed E-state index contributed by atoms with van der Waals surface area (Å²) < 4.78 is 5.34. The number of carboxylic acids is 2. The van der Waals surface area contributed by atoms with Gasteiger partial charge in [0.15, 0.2) is 0 Å². The van der Waals surface area contributed by atoms with Crippen LogP contribution in [0, 0.1) is 0 Å². The number of nitrogens with zero attached hydrogens (tertiary/aromatic N) is 1. The lowest BCUT2D eigenvalue weighted by Gasteiger charge is -2.15. The van der Waals surface area contributed by atoms with Gasteiger partial charge in [0.05, 0.1) is 0 Å². The van der Waals surface area contributed by atoms with Crippen molar-refractivity contribution in [1.82, 2.24) is 10.3 Å². The van der Waals surface area contributed by atoms with E-state index in [1.165, 1.54) is 37.0 Å². The highest BCUT2D eigenvalue weighted by Crippen LogP contribution is 2.17. The zero-order chi connectivity index (χ0) is 17.8. The molecule has 0 bridgehead atoms. The van der Waals surface area contributed by atoms with Crippen molar-refractivity contribution in [1.29, 1.82) is 0 Å². The molecule has 1 heterocycles. The molecule has 4 N–H and O–H groups in total. The number of aromatic nitrogens is 1. The number of nitrogens with one attached hydrogen (secondary N) is 1. The van der Waals surface area contributed by atoms with Gasteiger partial charge in [0.1, 0.15) is 12.7 Å². The highest BCUT2D eigenvalue weighted by molar-refractivity contribution is 7.11. The van der Waals surface area contributed by atoms with Crippen LogP contribution in [0.1, 0.15) is 25.7 Å². The van der Waals surface area contributed by atoms with Crippen molar-refractivity contribution in [2.45, 2.75) is 37.8 Å². The Labute approximate surface area is 143 Å². The summed E-state index contributed by atoms with van der Waals surface area (Å²) in [5, 5.41) is 31.2. The molecule has 2 rings (SSSR count). The Morgan fingerprint density at radius 2 is 1.96 bits per heavy atom. The van der Waals surface area contributed by atoms with Gasteiger partial charge in [-0.25, -0.2) is 14.6 Å². The molecule has 24 heavy (non-hydrogen) atoms. The molecule has 1 aliphatic rings. The largest absolute Gasteiger partial charge is 0.478 e. The molecule has 1 aromatic heterocycles. The lowest BCUT2D eigenvalue weighted by molar-refractivity contribution is -0.134. The number of hydrogen-bond donors (Lipinski definition) is 4. The summed E-state index contributed by atoms with van der Waals surface area (Å²) in [5.41, 5.74) is 0. The molecule has 0 radical (unpaired) electrons. The number of hydrogen-bond acceptors (Lipinski definition) is 7. The Morgan fingerprint density at radius 3 is 2.46 bits per heavy atom. The van der Waals surface area contributed by atoms with Crippen molar-refractivity contribution in [3.05, 3.63) is 23.7 Å². The van der Waals surface area contributed by atoms with Crippen LogP contribution in [0.25, 0.3) is 0 Å². The quantitative estimate of drug-likeness (QED) is 0.509. The van der Waals surface area contributed by atoms with Crippen molar-refractivity contribution in [2.24, 2.45) is 0 Å². The van der Waals surface area contributed by atoms with Gasteiger partial charge in [-0.2, -0.15) is 0 Å². The lowest BCUT2D eigenvalue weighted by Crippen LogP contribution is -2.36. The van der Waals surface area contributed by atoms with Crippen LogP contribution in [0.3, 0.4) is 0 Å². The molecule has 0 aromatic carbocycles. The van der Waals surface area contributed by atoms with Gasteiger partial charge < -0.3 is 25.4 Å². The molecule has 9 heteroatoms. The number of ether oxygens (including phenoxy) is 1. The predicted octanol–water partition coefficient (Wildman–Crippen LogP) is 1.13. The van der Waals surface area contributed by atoms with Gasteiger partial charge in [0, 0.05) is 36.3 Å². The van der Waals surface area contributed by atoms with Crippen molar-refractivity contribution < 1.29 is 29.6 Å². The van der Waals surface area contributed by atoms with Gasteiger partial charge in [-0.1, -0.05) is 24.2 Å². The van der Waals surface area contributed by atoms with Crippen molar-refractivity contribution >= 4 is 23.3 Å². The Balaban J connectivity index is 0.000000307. The summed E-state index contributed by atoms with van der Waals surface area (Å²) in [7, 11) is 0. The van der Waals surface area contributed by atoms with Crippen LogP contribution in [0.15, 0.2) is 23.7 Å². The minimum atomic E-state index is -1.26. The summed E-state index contributed by atoms with van der Waals surface area (Å²) in [6.45, 7) is 0.920. The Kier molecular flexibility index (Phi) is 9.66. The highest BCUT2D eigenvalue weighted by atomic mass is 32.1. The maximum atomic E-state index is 9.70. The summed E-state index contributed by atoms with van der Waals surface area (Å²) in [6.07, 6.45) is 7.45. The van der Waals surface area contributed by atoms with Gasteiger partial charge in [-0.3, -0.25) is 0 Å². The van der Waals surface area contributed by atoms with Gasteiger partial charge >= 0.3 is 11.9 Å². The van der Waals surface area contributed by atoms with Crippen LogP contribution in [-0.2, 0) is 9.59 Å². The standard InChI is InChI=1S/C11H18N2O2S.C4H4O4/c14-10(7-13-9-3-1-2-4-9)8-15-11-12-5-6-16-11;5-3(6)1-2-4(7)8/h5-6,9-10,13-14H,1-4,7-8H2;1-2H,(H,5,6)(H,7,8). The molecule has 1 fully saturated rings. The topological polar surface area (TPSA) is 129 Å². The van der Waals surface area contributed by atoms with Gasteiger partial charge in [-0.05, 0) is 12.8 Å². The van der Waals surface area contributed by atoms with E-state index in [9.17, 15) is 14.7 Å². The number of carbonyl (C=O) groups is 2. The number of carboxylic acid groups (broad SMARTS) is 2. The van der Waals surface area contributed by atoms with E-state index in [2.05, 4.69) is 10.3 Å². The predicted molar refractivity (Wildman–Crippen MR) is 88.3 cm³/mol. The Bertz CT molecular complexity index is 498. The van der Waals surface area contributed by atoms with Crippen LogP contribution in [-0.4, -0.2) is 57.5 Å². The van der Waals surface area contributed by atoms with E-state index >= 15 is 0 Å². The van der Waals surface area contributed by atoms with Crippen molar-refractivity contribution in [3.63, 3.8) is 0 Å². The first kappa shape index (κ1) is 20.1. The molecule has 0 saturated heterocycles. The zero-order valence-electron chi connectivity index (χ0n) is 13.1. The molecule has 8 nitrogen and oxygen atoms in total. The van der Waals surface area contributed by atoms with Gasteiger partial charge in [0.25, 0.3) is 5.19 Å². The van der Waals surface area contributed by atoms with E-state index in [1.54, 1.807) is 6.20 Å². The Hall–Kier alpha value is -1.97. The molecule has 1 aliphatic carbocycles. The van der Waals surface area contributed by atoms with Crippen LogP contribution in [0.5, 0.6) is 5.19 Å². The minimum absolute atomic E-state index is 0.313. The number of aliphatic hydroxyl groups excluding tert-OH is 1. The third-order valence-corrected chi connectivity index (χ3v) is 3.86. The maximum absolute atomic E-state index is 9.70. The van der Waals surface area contributed by atoms with E-state index in [4.69, 9.17) is 14.9 Å². The maximum Gasteiger partial charge on any atom is 0.328 e. The second-order valence-electron chi connectivity index (χ2n) is 5.16. The third kappa shape index (κ3) is 9.93. The fourth-order valence-electron chi connectivity index (χ4n) is 2.08. The molecule has 134 valence electrons. The summed E-state index contributed by atoms with van der Waals surface area (Å²) in [5.74, 6) is -2.51. The average molecular weight is 358 g/mol. The van der Waals surface area contributed by atoms with Crippen LogP contribution in [0.2, 0.25) is 0 Å². The fraction of sp³-hybridized carbons (Fsp3) is 0.533. The lowest BCUT2D eigenvalue weighted by atomic mass is 10.2. The van der Waals surface area contributed by atoms with Gasteiger partial charge in [0.2, 0.25) is 0 Å². The first-order chi connectivity index (χ1) is 11.5. The monoisotopic (exact) mass is 358 g/mol. The summed E-state index contributed by atoms with van der Waals surface area (Å²) in [6, 6.07) is 0.592. The number of aliphatic hydroxyl groups is 1. The molecule has 1 aromatic rings. The Morgan fingerprint density at radius 1 is 1.33 bits per heavy atom. The van der Waals surface area contributed by atoms with Crippen LogP contribution >= 0.6 is 11.3 Å². The third-order valence-electron chi connectivity index (χ3n) is 3.17. The van der Waals surface area contributed by atoms with Crippen molar-refractivity contribution in [3.8, 4) is 5.19 Å². The molecule has 0 aliphatic heterocycles. The van der Waals surface area contributed by atoms with E-state index in [-0.39, 0.29) is 0 Å². The molecular formula is C15H22N2O6S. The number of aliphatic carboxylic acids is 2. The molecular weight excluding hydrogens is 336 g/mol. The highest BCUT2D eigenvalue weighted by Gasteiger charge is 2.15. The first-order valence-corrected chi connectivity index (χ1v) is 8.43. The molecule has 1 unspecified atom stereocenters. The number of rotatable bonds is 8. The van der Waals surface area contributed by atoms with Crippen LogP contribution in [0.4, 0.5) is 0 Å². The van der Waals surface area contributed by atoms with E-state index in [1.807, 2.05) is 5.38 Å². The molecule has 0 amide bonds. The zero-order valence-corrected chi connectivity index (χ0v) is 13.9. The molecule has 0 spiro atoms. The minimum Gasteiger partial charge on any atom is -0.478 e. The summed E-state index contributed by atoms with van der Waals surface area (Å²) >= 11 is 1.44. The second-order valence-corrected chi connectivity index (χ2v) is 6.02. The summed E-state index contributed by atoms with van der Waals surface area (Å²) in [4.78, 5) is 23.1.